The van der Waals surface area contributed by atoms with Gasteiger partial charge in [0.1, 0.15) is 6.07 Å². The Hall–Kier alpha value is -2.60. The zero-order chi connectivity index (χ0) is 15.3. The zero-order valence-electron chi connectivity index (χ0n) is 10.9. The van der Waals surface area contributed by atoms with Crippen molar-refractivity contribution in [2.45, 2.75) is 6.92 Å². The number of hydrogen-bond acceptors (Lipinski definition) is 6. The molecule has 0 aliphatic heterocycles. The second-order valence-electron chi connectivity index (χ2n) is 4.00. The number of rotatable bonds is 5. The van der Waals surface area contributed by atoms with Crippen LogP contribution >= 0.6 is 0 Å². The maximum atomic E-state index is 11.2. The highest BCUT2D eigenvalue weighted by atomic mass is 32.2. The number of nitrogens with zero attached hydrogens (tertiary/aromatic N) is 2. The van der Waals surface area contributed by atoms with Gasteiger partial charge >= 0.3 is 0 Å². The van der Waals surface area contributed by atoms with Crippen molar-refractivity contribution in [1.82, 2.24) is 0 Å². The third-order valence-corrected chi connectivity index (χ3v) is 2.80. The monoisotopic (exact) mass is 294 g/mol. The largest absolute Gasteiger partial charge is 0.382 e. The predicted molar refractivity (Wildman–Crippen MR) is 78.2 cm³/mol. The van der Waals surface area contributed by atoms with E-state index in [4.69, 9.17) is 16.4 Å². The molecule has 1 rings (SSSR count). The first-order valence-electron chi connectivity index (χ1n) is 5.39. The van der Waals surface area contributed by atoms with Crippen LogP contribution in [0.3, 0.4) is 0 Å². The lowest BCUT2D eigenvalue weighted by Crippen LogP contribution is -2.22. The molecule has 0 spiro atoms. The van der Waals surface area contributed by atoms with Crippen molar-refractivity contribution >= 4 is 32.9 Å². The van der Waals surface area contributed by atoms with Crippen LogP contribution in [0.2, 0.25) is 0 Å². The lowest BCUT2D eigenvalue weighted by Gasteiger charge is -2.09. The molecule has 0 saturated carbocycles. The highest BCUT2D eigenvalue weighted by Gasteiger charge is 2.06. The summed E-state index contributed by atoms with van der Waals surface area (Å²) in [6.45, 7) is 1.78. The molecule has 5 N–H and O–H groups in total. The molecule has 0 saturated heterocycles. The summed E-state index contributed by atoms with van der Waals surface area (Å²) in [5, 5.41) is 19.5. The summed E-state index contributed by atoms with van der Waals surface area (Å²) in [7, 11) is -3.38. The molecule has 8 nitrogen and oxygen atoms in total. The topological polar surface area (TPSA) is 144 Å². The lowest BCUT2D eigenvalue weighted by atomic mass is 10.2. The van der Waals surface area contributed by atoms with Gasteiger partial charge in [-0.05, 0) is 24.6 Å². The van der Waals surface area contributed by atoms with Gasteiger partial charge in [-0.25, -0.2) is 8.42 Å². The lowest BCUT2D eigenvalue weighted by molar-refractivity contribution is 0.607. The van der Waals surface area contributed by atoms with E-state index in [0.717, 1.165) is 11.8 Å². The highest BCUT2D eigenvalue weighted by Crippen LogP contribution is 2.20. The third-order valence-electron chi connectivity index (χ3n) is 2.19. The van der Waals surface area contributed by atoms with Gasteiger partial charge in [-0.2, -0.15) is 10.4 Å². The molecule has 0 unspecified atom stereocenters. The fourth-order valence-electron chi connectivity index (χ4n) is 1.28. The number of amidine groups is 1. The van der Waals surface area contributed by atoms with E-state index in [1.165, 1.54) is 6.07 Å². The molecule has 0 amide bonds. The molecular formula is C11H14N6O2S. The number of anilines is 2. The second-order valence-corrected chi connectivity index (χ2v) is 5.75. The molecular weight excluding hydrogens is 280 g/mol. The summed E-state index contributed by atoms with van der Waals surface area (Å²) < 4.78 is 24.6. The Labute approximate surface area is 116 Å². The SMILES string of the molecule is Cc1ccc(NS(C)(=O)=O)cc1N/N=C(\C#N)C(=N)N. The van der Waals surface area contributed by atoms with Crippen LogP contribution in [-0.2, 0) is 10.0 Å². The van der Waals surface area contributed by atoms with E-state index < -0.39 is 15.9 Å². The summed E-state index contributed by atoms with van der Waals surface area (Å²) in [6, 6.07) is 6.48. The molecule has 9 heteroatoms. The van der Waals surface area contributed by atoms with Crippen molar-refractivity contribution in [3.63, 3.8) is 0 Å². The van der Waals surface area contributed by atoms with E-state index in [1.807, 2.05) is 0 Å². The van der Waals surface area contributed by atoms with Gasteiger partial charge in [0.05, 0.1) is 17.6 Å². The number of nitrogens with one attached hydrogen (secondary N) is 3. The number of nitrogens with two attached hydrogens (primary N) is 1. The average Bonchev–Trinajstić information content (AvgIpc) is 2.31. The Balaban J connectivity index is 3.04. The Morgan fingerprint density at radius 3 is 2.65 bits per heavy atom. The minimum absolute atomic E-state index is 0.258. The Kier molecular flexibility index (Phi) is 4.66. The van der Waals surface area contributed by atoms with Gasteiger partial charge in [0.2, 0.25) is 15.7 Å². The van der Waals surface area contributed by atoms with Crippen LogP contribution in [0.1, 0.15) is 5.56 Å². The van der Waals surface area contributed by atoms with Gasteiger partial charge in [0.25, 0.3) is 0 Å². The van der Waals surface area contributed by atoms with E-state index >= 15 is 0 Å². The number of nitriles is 1. The van der Waals surface area contributed by atoms with E-state index in [2.05, 4.69) is 15.2 Å². The van der Waals surface area contributed by atoms with Gasteiger partial charge in [-0.15, -0.1) is 0 Å². The van der Waals surface area contributed by atoms with Crippen molar-refractivity contribution in [3.8, 4) is 6.07 Å². The highest BCUT2D eigenvalue weighted by molar-refractivity contribution is 7.92. The summed E-state index contributed by atoms with van der Waals surface area (Å²) in [6.07, 6.45) is 1.04. The van der Waals surface area contributed by atoms with Crippen LogP contribution in [0.25, 0.3) is 0 Å². The molecule has 1 aromatic carbocycles. The van der Waals surface area contributed by atoms with Crippen LogP contribution in [-0.4, -0.2) is 26.2 Å². The Morgan fingerprint density at radius 1 is 1.50 bits per heavy atom. The van der Waals surface area contributed by atoms with Crippen molar-refractivity contribution in [3.05, 3.63) is 23.8 Å². The van der Waals surface area contributed by atoms with Gasteiger partial charge in [0, 0.05) is 0 Å². The zero-order valence-corrected chi connectivity index (χ0v) is 11.7. The molecule has 0 bridgehead atoms. The van der Waals surface area contributed by atoms with Crippen LogP contribution in [0.5, 0.6) is 0 Å². The molecule has 0 atom stereocenters. The first-order chi connectivity index (χ1) is 9.23. The first kappa shape index (κ1) is 15.5. The number of hydrogen-bond donors (Lipinski definition) is 4. The molecule has 1 aromatic rings. The molecule has 0 aliphatic carbocycles. The summed E-state index contributed by atoms with van der Waals surface area (Å²) in [5.41, 5.74) is 9.12. The number of aryl methyl sites for hydroxylation is 1. The van der Waals surface area contributed by atoms with Crippen LogP contribution in [0, 0.1) is 23.7 Å². The number of hydrazone groups is 1. The molecule has 106 valence electrons. The fourth-order valence-corrected chi connectivity index (χ4v) is 1.84. The van der Waals surface area contributed by atoms with Crippen molar-refractivity contribution in [2.75, 3.05) is 16.4 Å². The Morgan fingerprint density at radius 2 is 2.15 bits per heavy atom. The van der Waals surface area contributed by atoms with Gasteiger partial charge in [-0.3, -0.25) is 15.6 Å². The minimum Gasteiger partial charge on any atom is -0.382 e. The van der Waals surface area contributed by atoms with Crippen LogP contribution in [0.4, 0.5) is 11.4 Å². The molecule has 0 aliphatic rings. The maximum absolute atomic E-state index is 11.2. The van der Waals surface area contributed by atoms with E-state index in [9.17, 15) is 8.42 Å². The maximum Gasteiger partial charge on any atom is 0.229 e. The summed E-state index contributed by atoms with van der Waals surface area (Å²) in [4.78, 5) is 0. The molecule has 0 radical (unpaired) electrons. The number of sulfonamides is 1. The standard InChI is InChI=1S/C11H14N6O2S/c1-7-3-4-8(17-20(2,18)19)5-9(7)15-16-10(6-12)11(13)14/h3-5,15,17H,1-2H3,(H3,13,14)/b16-10+. The van der Waals surface area contributed by atoms with Crippen LogP contribution in [0.15, 0.2) is 23.3 Å². The fraction of sp³-hybridized carbons (Fsp3) is 0.182. The second kappa shape index (κ2) is 6.03. The van der Waals surface area contributed by atoms with Crippen LogP contribution < -0.4 is 15.9 Å². The quantitative estimate of drug-likeness (QED) is 0.357. The molecule has 0 fully saturated rings. The minimum atomic E-state index is -3.38. The van der Waals surface area contributed by atoms with Crippen molar-refractivity contribution < 1.29 is 8.42 Å². The van der Waals surface area contributed by atoms with E-state index in [1.54, 1.807) is 25.1 Å². The smallest absolute Gasteiger partial charge is 0.229 e. The van der Waals surface area contributed by atoms with Gasteiger partial charge < -0.3 is 5.73 Å². The molecule has 0 heterocycles. The normalized spacial score (nSPS) is 11.6. The first-order valence-corrected chi connectivity index (χ1v) is 7.28. The molecule has 20 heavy (non-hydrogen) atoms. The van der Waals surface area contributed by atoms with Crippen molar-refractivity contribution in [2.24, 2.45) is 10.8 Å². The molecule has 0 aromatic heterocycles. The summed E-state index contributed by atoms with van der Waals surface area (Å²) in [5.74, 6) is -0.455. The third kappa shape index (κ3) is 4.58. The van der Waals surface area contributed by atoms with Crippen molar-refractivity contribution in [1.29, 1.82) is 10.7 Å². The predicted octanol–water partition coefficient (Wildman–Crippen LogP) is 0.594. The average molecular weight is 294 g/mol. The summed E-state index contributed by atoms with van der Waals surface area (Å²) >= 11 is 0. The van der Waals surface area contributed by atoms with Gasteiger partial charge in [0.15, 0.2) is 5.84 Å². The van der Waals surface area contributed by atoms with E-state index in [-0.39, 0.29) is 5.71 Å². The van der Waals surface area contributed by atoms with Gasteiger partial charge in [-0.1, -0.05) is 6.07 Å². The number of benzene rings is 1. The van der Waals surface area contributed by atoms with E-state index in [0.29, 0.717) is 11.4 Å². The Bertz CT molecular complexity index is 702.